The van der Waals surface area contributed by atoms with Crippen LogP contribution < -0.4 is 16.0 Å². The molecule has 0 saturated heterocycles. The van der Waals surface area contributed by atoms with Gasteiger partial charge in [-0.1, -0.05) is 75.2 Å². The lowest BCUT2D eigenvalue weighted by atomic mass is 10.1. The molecule has 0 spiro atoms. The maximum absolute atomic E-state index is 13.4. The van der Waals surface area contributed by atoms with Crippen molar-refractivity contribution in [3.63, 3.8) is 0 Å². The third-order valence-electron chi connectivity index (χ3n) is 5.86. The van der Waals surface area contributed by atoms with E-state index in [0.717, 1.165) is 25.1 Å². The minimum atomic E-state index is -0.473. The normalized spacial score (nSPS) is 11.8. The highest BCUT2D eigenvalue weighted by molar-refractivity contribution is 9.10. The molecule has 0 aliphatic heterocycles. The number of anilines is 2. The predicted molar refractivity (Wildman–Crippen MR) is 174 cm³/mol. The molecule has 0 fully saturated rings. The molecule has 9 heteroatoms. The van der Waals surface area contributed by atoms with E-state index >= 15 is 0 Å². The number of carbonyl (C=O) groups excluding carboxylic acids is 3. The van der Waals surface area contributed by atoms with Crippen molar-refractivity contribution in [3.05, 3.63) is 129 Å². The number of rotatable bonds is 10. The van der Waals surface area contributed by atoms with Crippen molar-refractivity contribution in [2.24, 2.45) is 0 Å². The molecular formula is C32H27Br2N3O3S. The largest absolute Gasteiger partial charge is 0.325 e. The lowest BCUT2D eigenvalue weighted by Gasteiger charge is -2.16. The molecule has 4 aromatic carbocycles. The molecule has 1 unspecified atom stereocenters. The van der Waals surface area contributed by atoms with Crippen molar-refractivity contribution < 1.29 is 14.4 Å². The maximum Gasteiger partial charge on any atom is 0.272 e. The van der Waals surface area contributed by atoms with Crippen LogP contribution in [-0.2, 0) is 9.59 Å². The Kier molecular flexibility index (Phi) is 11.0. The molecule has 4 aromatic rings. The maximum atomic E-state index is 13.4. The number of amides is 3. The van der Waals surface area contributed by atoms with Gasteiger partial charge in [-0.2, -0.15) is 0 Å². The van der Waals surface area contributed by atoms with E-state index in [-0.39, 0.29) is 16.9 Å². The summed E-state index contributed by atoms with van der Waals surface area (Å²) in [5.74, 6) is -0.965. The van der Waals surface area contributed by atoms with Crippen molar-refractivity contribution in [2.75, 3.05) is 10.6 Å². The van der Waals surface area contributed by atoms with Crippen LogP contribution in [0.4, 0.5) is 11.4 Å². The number of nitrogens with one attached hydrogen (secondary N) is 3. The number of hydrogen-bond donors (Lipinski definition) is 3. The van der Waals surface area contributed by atoms with E-state index in [1.807, 2.05) is 79.7 Å². The molecule has 41 heavy (non-hydrogen) atoms. The standard InChI is InChI=1S/C32H27Br2N3O3S/c1-2-29(32(40)35-25-17-15-24(34)16-18-25)41-27-10-6-9-26(20-27)36-31(39)28(19-21-11-13-23(33)14-12-21)37-30(38)22-7-4-3-5-8-22/h3-20,29H,2H2,1H3,(H,35,40)(H,36,39)(H,37,38)/b28-19-. The van der Waals surface area contributed by atoms with Gasteiger partial charge in [0.1, 0.15) is 5.70 Å². The topological polar surface area (TPSA) is 87.3 Å². The van der Waals surface area contributed by atoms with E-state index in [1.54, 1.807) is 36.4 Å². The van der Waals surface area contributed by atoms with Gasteiger partial charge in [0, 0.05) is 30.8 Å². The van der Waals surface area contributed by atoms with Crippen LogP contribution in [0.5, 0.6) is 0 Å². The Morgan fingerprint density at radius 1 is 0.780 bits per heavy atom. The first-order valence-electron chi connectivity index (χ1n) is 12.8. The fourth-order valence-electron chi connectivity index (χ4n) is 3.76. The first kappa shape index (κ1) is 30.3. The summed E-state index contributed by atoms with van der Waals surface area (Å²) >= 11 is 8.23. The zero-order chi connectivity index (χ0) is 29.2. The first-order valence-corrected chi connectivity index (χ1v) is 15.3. The molecule has 0 aliphatic carbocycles. The van der Waals surface area contributed by atoms with E-state index in [9.17, 15) is 14.4 Å². The lowest BCUT2D eigenvalue weighted by molar-refractivity contribution is -0.116. The number of halogens is 2. The molecule has 0 aliphatic rings. The summed E-state index contributed by atoms with van der Waals surface area (Å²) in [5, 5.41) is 8.27. The molecule has 3 amide bonds. The van der Waals surface area contributed by atoms with E-state index in [2.05, 4.69) is 47.8 Å². The van der Waals surface area contributed by atoms with Gasteiger partial charge in [0.25, 0.3) is 11.8 Å². The van der Waals surface area contributed by atoms with Gasteiger partial charge in [0.05, 0.1) is 5.25 Å². The second kappa shape index (κ2) is 14.8. The Morgan fingerprint density at radius 2 is 1.44 bits per heavy atom. The summed E-state index contributed by atoms with van der Waals surface area (Å²) in [6.07, 6.45) is 2.25. The number of thioether (sulfide) groups is 1. The average molecular weight is 693 g/mol. The smallest absolute Gasteiger partial charge is 0.272 e. The summed E-state index contributed by atoms with van der Waals surface area (Å²) < 4.78 is 1.84. The van der Waals surface area contributed by atoms with E-state index in [0.29, 0.717) is 17.7 Å². The highest BCUT2D eigenvalue weighted by Crippen LogP contribution is 2.29. The van der Waals surface area contributed by atoms with Crippen molar-refractivity contribution >= 4 is 78.8 Å². The lowest BCUT2D eigenvalue weighted by Crippen LogP contribution is -2.30. The van der Waals surface area contributed by atoms with Gasteiger partial charge in [-0.15, -0.1) is 11.8 Å². The summed E-state index contributed by atoms with van der Waals surface area (Å²) in [6, 6.07) is 30.8. The quantitative estimate of drug-likeness (QED) is 0.116. The van der Waals surface area contributed by atoms with Crippen LogP contribution in [0.1, 0.15) is 29.3 Å². The van der Waals surface area contributed by atoms with Crippen LogP contribution in [0, 0.1) is 0 Å². The molecule has 0 aromatic heterocycles. The van der Waals surface area contributed by atoms with Gasteiger partial charge in [-0.05, 0) is 84.8 Å². The van der Waals surface area contributed by atoms with Crippen LogP contribution in [0.15, 0.2) is 123 Å². The molecular weight excluding hydrogens is 666 g/mol. The predicted octanol–water partition coefficient (Wildman–Crippen LogP) is 8.13. The Hall–Kier alpha value is -3.66. The van der Waals surface area contributed by atoms with Crippen LogP contribution in [-0.4, -0.2) is 23.0 Å². The van der Waals surface area contributed by atoms with Crippen molar-refractivity contribution in [1.29, 1.82) is 0 Å². The summed E-state index contributed by atoms with van der Waals surface area (Å²) in [7, 11) is 0. The number of benzene rings is 4. The van der Waals surface area contributed by atoms with Gasteiger partial charge >= 0.3 is 0 Å². The minimum absolute atomic E-state index is 0.0968. The number of carbonyl (C=O) groups is 3. The van der Waals surface area contributed by atoms with Gasteiger partial charge < -0.3 is 16.0 Å². The second-order valence-corrected chi connectivity index (χ2v) is 12.0. The first-order chi connectivity index (χ1) is 19.8. The van der Waals surface area contributed by atoms with Crippen LogP contribution >= 0.6 is 43.6 Å². The Bertz CT molecular complexity index is 1540. The van der Waals surface area contributed by atoms with E-state index < -0.39 is 11.8 Å². The summed E-state index contributed by atoms with van der Waals surface area (Å²) in [6.45, 7) is 1.96. The molecule has 1 atom stereocenters. The van der Waals surface area contributed by atoms with Crippen molar-refractivity contribution in [2.45, 2.75) is 23.5 Å². The fraction of sp³-hybridized carbons (Fsp3) is 0.0938. The zero-order valence-electron chi connectivity index (χ0n) is 22.1. The molecule has 3 N–H and O–H groups in total. The van der Waals surface area contributed by atoms with Crippen molar-refractivity contribution in [1.82, 2.24) is 5.32 Å². The van der Waals surface area contributed by atoms with E-state index in [1.165, 1.54) is 11.8 Å². The number of hydrogen-bond acceptors (Lipinski definition) is 4. The second-order valence-electron chi connectivity index (χ2n) is 8.92. The SMILES string of the molecule is CCC(Sc1cccc(NC(=O)/C(=C/c2ccc(Br)cc2)NC(=O)c2ccccc2)c1)C(=O)Nc1ccc(Br)cc1. The molecule has 4 rings (SSSR count). The van der Waals surface area contributed by atoms with Gasteiger partial charge in [-0.25, -0.2) is 0 Å². The minimum Gasteiger partial charge on any atom is -0.325 e. The molecule has 0 saturated carbocycles. The summed E-state index contributed by atoms with van der Waals surface area (Å²) in [4.78, 5) is 40.1. The highest BCUT2D eigenvalue weighted by atomic mass is 79.9. The van der Waals surface area contributed by atoms with Crippen molar-refractivity contribution in [3.8, 4) is 0 Å². The fourth-order valence-corrected chi connectivity index (χ4v) is 5.30. The molecule has 6 nitrogen and oxygen atoms in total. The Labute approximate surface area is 260 Å². The van der Waals surface area contributed by atoms with Gasteiger partial charge in [-0.3, -0.25) is 14.4 Å². The third-order valence-corrected chi connectivity index (χ3v) is 8.27. The molecule has 0 bridgehead atoms. The Morgan fingerprint density at radius 3 is 2.10 bits per heavy atom. The third kappa shape index (κ3) is 9.18. The Balaban J connectivity index is 1.49. The summed E-state index contributed by atoms with van der Waals surface area (Å²) in [5.41, 5.74) is 2.55. The van der Waals surface area contributed by atoms with Crippen LogP contribution in [0.2, 0.25) is 0 Å². The monoisotopic (exact) mass is 691 g/mol. The van der Waals surface area contributed by atoms with E-state index in [4.69, 9.17) is 0 Å². The molecule has 208 valence electrons. The average Bonchev–Trinajstić information content (AvgIpc) is 2.98. The van der Waals surface area contributed by atoms with Gasteiger partial charge in [0.2, 0.25) is 5.91 Å². The van der Waals surface area contributed by atoms with Crippen LogP contribution in [0.3, 0.4) is 0 Å². The molecule has 0 radical (unpaired) electrons. The highest BCUT2D eigenvalue weighted by Gasteiger charge is 2.19. The zero-order valence-corrected chi connectivity index (χ0v) is 26.1. The van der Waals surface area contributed by atoms with Crippen LogP contribution in [0.25, 0.3) is 6.08 Å². The molecule has 0 heterocycles. The van der Waals surface area contributed by atoms with Gasteiger partial charge in [0.15, 0.2) is 0 Å².